The lowest BCUT2D eigenvalue weighted by Crippen LogP contribution is -2.39. The molecule has 0 aliphatic rings. The van der Waals surface area contributed by atoms with Crippen LogP contribution in [-0.4, -0.2) is 19.0 Å². The third-order valence-electron chi connectivity index (χ3n) is 2.11. The number of hydrogen-bond donors (Lipinski definition) is 3. The molecule has 5 nitrogen and oxygen atoms in total. The number of nitrogens with two attached hydrogens (primary N) is 1. The lowest BCUT2D eigenvalue weighted by molar-refractivity contribution is 0.256. The fraction of sp³-hybridized carbons (Fsp3) is 0.273. The first kappa shape index (κ1) is 15.2. The highest BCUT2D eigenvalue weighted by molar-refractivity contribution is 6.02. The molecule has 1 rings (SSSR count). The first-order chi connectivity index (χ1) is 7.52. The van der Waals surface area contributed by atoms with Gasteiger partial charge in [0.1, 0.15) is 0 Å². The van der Waals surface area contributed by atoms with Crippen LogP contribution in [0.3, 0.4) is 0 Å². The maximum atomic E-state index is 11.4. The zero-order chi connectivity index (χ0) is 12.1. The largest absolute Gasteiger partial charge is 0.370 e. The number of halogens is 1. The molecule has 0 atom stereocenters. The van der Waals surface area contributed by atoms with Gasteiger partial charge in [-0.15, -0.1) is 12.4 Å². The summed E-state index contributed by atoms with van der Waals surface area (Å²) in [7, 11) is 1.51. The molecular weight excluding hydrogens is 240 g/mol. The molecule has 0 spiro atoms. The van der Waals surface area contributed by atoms with Crippen LogP contribution in [0.4, 0.5) is 10.5 Å². The summed E-state index contributed by atoms with van der Waals surface area (Å²) in [5, 5.41) is 5.09. The van der Waals surface area contributed by atoms with Gasteiger partial charge in [0, 0.05) is 12.7 Å². The Kier molecular flexibility index (Phi) is 6.06. The minimum atomic E-state index is -0.393. The van der Waals surface area contributed by atoms with E-state index in [1.807, 2.05) is 32.0 Å². The third-order valence-corrected chi connectivity index (χ3v) is 2.11. The maximum absolute atomic E-state index is 11.4. The SMILES string of the molecule is CN=C(N)NC(=O)Nc1ccc(C)cc1C.Cl. The molecule has 94 valence electrons. The Morgan fingerprint density at radius 1 is 1.35 bits per heavy atom. The van der Waals surface area contributed by atoms with E-state index in [0.717, 1.165) is 16.8 Å². The smallest absolute Gasteiger partial charge is 0.325 e. The van der Waals surface area contributed by atoms with Crippen molar-refractivity contribution in [3.05, 3.63) is 29.3 Å². The summed E-state index contributed by atoms with van der Waals surface area (Å²) in [4.78, 5) is 15.1. The number of aryl methyl sites for hydroxylation is 2. The van der Waals surface area contributed by atoms with Gasteiger partial charge < -0.3 is 11.1 Å². The number of benzene rings is 1. The van der Waals surface area contributed by atoms with Crippen molar-refractivity contribution in [2.45, 2.75) is 13.8 Å². The van der Waals surface area contributed by atoms with Crippen LogP contribution >= 0.6 is 12.4 Å². The predicted octanol–water partition coefficient (Wildman–Crippen LogP) is 1.79. The topological polar surface area (TPSA) is 79.5 Å². The van der Waals surface area contributed by atoms with Gasteiger partial charge >= 0.3 is 6.03 Å². The summed E-state index contributed by atoms with van der Waals surface area (Å²) in [5.74, 6) is 0.0854. The average Bonchev–Trinajstić information content (AvgIpc) is 2.22. The molecule has 0 aliphatic heterocycles. The molecule has 0 bridgehead atoms. The van der Waals surface area contributed by atoms with Gasteiger partial charge in [0.25, 0.3) is 0 Å². The molecular formula is C11H17ClN4O. The summed E-state index contributed by atoms with van der Waals surface area (Å²) >= 11 is 0. The van der Waals surface area contributed by atoms with E-state index in [0.29, 0.717) is 0 Å². The van der Waals surface area contributed by atoms with E-state index in [-0.39, 0.29) is 18.4 Å². The second kappa shape index (κ2) is 6.75. The minimum Gasteiger partial charge on any atom is -0.370 e. The highest BCUT2D eigenvalue weighted by atomic mass is 35.5. The van der Waals surface area contributed by atoms with E-state index in [9.17, 15) is 4.79 Å². The van der Waals surface area contributed by atoms with Crippen molar-refractivity contribution in [3.8, 4) is 0 Å². The van der Waals surface area contributed by atoms with Crippen molar-refractivity contribution < 1.29 is 4.79 Å². The van der Waals surface area contributed by atoms with E-state index in [1.54, 1.807) is 0 Å². The molecule has 1 aromatic rings. The average molecular weight is 257 g/mol. The third kappa shape index (κ3) is 4.74. The summed E-state index contributed by atoms with van der Waals surface area (Å²) in [5.41, 5.74) is 8.28. The Labute approximate surface area is 107 Å². The van der Waals surface area contributed by atoms with E-state index in [2.05, 4.69) is 15.6 Å². The molecule has 17 heavy (non-hydrogen) atoms. The van der Waals surface area contributed by atoms with Crippen molar-refractivity contribution in [3.63, 3.8) is 0 Å². The van der Waals surface area contributed by atoms with Gasteiger partial charge in [0.05, 0.1) is 0 Å². The number of anilines is 1. The minimum absolute atomic E-state index is 0. The van der Waals surface area contributed by atoms with Crippen molar-refractivity contribution in [1.82, 2.24) is 5.32 Å². The van der Waals surface area contributed by atoms with E-state index >= 15 is 0 Å². The molecule has 0 heterocycles. The number of nitrogens with zero attached hydrogens (tertiary/aromatic N) is 1. The molecule has 0 unspecified atom stereocenters. The Morgan fingerprint density at radius 2 is 2.00 bits per heavy atom. The number of rotatable bonds is 1. The van der Waals surface area contributed by atoms with Crippen LogP contribution < -0.4 is 16.4 Å². The molecule has 6 heteroatoms. The Hall–Kier alpha value is -1.75. The number of urea groups is 1. The van der Waals surface area contributed by atoms with E-state index < -0.39 is 6.03 Å². The van der Waals surface area contributed by atoms with E-state index in [4.69, 9.17) is 5.73 Å². The number of guanidine groups is 1. The molecule has 2 amide bonds. The number of carbonyl (C=O) groups excluding carboxylic acids is 1. The second-order valence-corrected chi connectivity index (χ2v) is 3.51. The number of amides is 2. The monoisotopic (exact) mass is 256 g/mol. The quantitative estimate of drug-likeness (QED) is 0.529. The van der Waals surface area contributed by atoms with Gasteiger partial charge in [-0.2, -0.15) is 0 Å². The summed E-state index contributed by atoms with van der Waals surface area (Å²) in [6.45, 7) is 3.93. The summed E-state index contributed by atoms with van der Waals surface area (Å²) in [6, 6.07) is 5.38. The standard InChI is InChI=1S/C11H16N4O.ClH/c1-7-4-5-9(8(2)6-7)14-11(16)15-10(12)13-3;/h4-6H,1-3H3,(H4,12,13,14,15,16);1H. The second-order valence-electron chi connectivity index (χ2n) is 3.51. The van der Waals surface area contributed by atoms with Gasteiger partial charge in [-0.1, -0.05) is 17.7 Å². The van der Waals surface area contributed by atoms with Gasteiger partial charge in [-0.05, 0) is 25.5 Å². The zero-order valence-corrected chi connectivity index (χ0v) is 10.9. The first-order valence-corrected chi connectivity index (χ1v) is 4.90. The Morgan fingerprint density at radius 3 is 2.53 bits per heavy atom. The van der Waals surface area contributed by atoms with Crippen LogP contribution in [0.25, 0.3) is 0 Å². The van der Waals surface area contributed by atoms with Crippen LogP contribution in [0.15, 0.2) is 23.2 Å². The van der Waals surface area contributed by atoms with Crippen LogP contribution in [0.2, 0.25) is 0 Å². The highest BCUT2D eigenvalue weighted by Gasteiger charge is 2.04. The molecule has 0 saturated heterocycles. The van der Waals surface area contributed by atoms with Gasteiger partial charge in [-0.25, -0.2) is 4.79 Å². The van der Waals surface area contributed by atoms with E-state index in [1.165, 1.54) is 7.05 Å². The fourth-order valence-corrected chi connectivity index (χ4v) is 1.28. The number of aliphatic imine (C=N–C) groups is 1. The predicted molar refractivity (Wildman–Crippen MR) is 72.9 cm³/mol. The van der Waals surface area contributed by atoms with Crippen LogP contribution in [0.1, 0.15) is 11.1 Å². The fourth-order valence-electron chi connectivity index (χ4n) is 1.28. The Bertz CT molecular complexity index is 431. The zero-order valence-electron chi connectivity index (χ0n) is 10.1. The van der Waals surface area contributed by atoms with Gasteiger partial charge in [0.15, 0.2) is 5.96 Å². The number of nitrogens with one attached hydrogen (secondary N) is 2. The van der Waals surface area contributed by atoms with Gasteiger partial charge in [0.2, 0.25) is 0 Å². The number of hydrogen-bond acceptors (Lipinski definition) is 2. The van der Waals surface area contributed by atoms with Crippen molar-refractivity contribution in [2.75, 3.05) is 12.4 Å². The van der Waals surface area contributed by atoms with Crippen LogP contribution in [-0.2, 0) is 0 Å². The van der Waals surface area contributed by atoms with Crippen molar-refractivity contribution >= 4 is 30.1 Å². The van der Waals surface area contributed by atoms with Crippen molar-refractivity contribution in [2.24, 2.45) is 10.7 Å². The molecule has 0 saturated carbocycles. The van der Waals surface area contributed by atoms with Crippen LogP contribution in [0.5, 0.6) is 0 Å². The highest BCUT2D eigenvalue weighted by Crippen LogP contribution is 2.15. The summed E-state index contributed by atoms with van der Waals surface area (Å²) < 4.78 is 0. The molecule has 0 aliphatic carbocycles. The van der Waals surface area contributed by atoms with Crippen LogP contribution in [0, 0.1) is 13.8 Å². The lowest BCUT2D eigenvalue weighted by atomic mass is 10.1. The molecule has 0 fully saturated rings. The first-order valence-electron chi connectivity index (χ1n) is 4.90. The molecule has 4 N–H and O–H groups in total. The number of carbonyl (C=O) groups is 1. The maximum Gasteiger partial charge on any atom is 0.325 e. The Balaban J connectivity index is 0.00000256. The lowest BCUT2D eigenvalue weighted by Gasteiger charge is -2.09. The van der Waals surface area contributed by atoms with Crippen molar-refractivity contribution in [1.29, 1.82) is 0 Å². The summed E-state index contributed by atoms with van der Waals surface area (Å²) in [6.07, 6.45) is 0. The molecule has 0 radical (unpaired) electrons. The molecule has 0 aromatic heterocycles. The normalized spacial score (nSPS) is 10.4. The van der Waals surface area contributed by atoms with Gasteiger partial charge in [-0.3, -0.25) is 10.3 Å². The molecule has 1 aromatic carbocycles.